The van der Waals surface area contributed by atoms with Gasteiger partial charge in [0.25, 0.3) is 5.91 Å². The SMILES string of the molecule is CC#CC(=O)N1CC(OC2CCN(c3cc(C)c4c(c3)Nc3ncnc(N5CCS(=O)CC5)c3[C@@H](C)O4)CC2)C1. The maximum Gasteiger partial charge on any atom is 0.298 e. The van der Waals surface area contributed by atoms with E-state index >= 15 is 0 Å². The van der Waals surface area contributed by atoms with Crippen molar-refractivity contribution in [3.63, 3.8) is 0 Å². The number of aryl methyl sites for hydroxylation is 1. The average molecular weight is 565 g/mol. The molecule has 0 aliphatic carbocycles. The van der Waals surface area contributed by atoms with Crippen molar-refractivity contribution in [3.8, 4) is 17.6 Å². The molecule has 4 aliphatic heterocycles. The van der Waals surface area contributed by atoms with E-state index in [9.17, 15) is 9.00 Å². The van der Waals surface area contributed by atoms with Crippen molar-refractivity contribution >= 4 is 39.7 Å². The van der Waals surface area contributed by atoms with Gasteiger partial charge in [-0.3, -0.25) is 9.00 Å². The minimum absolute atomic E-state index is 0.108. The highest BCUT2D eigenvalue weighted by Crippen LogP contribution is 2.44. The second-order valence-corrected chi connectivity index (χ2v) is 12.5. The monoisotopic (exact) mass is 564 g/mol. The van der Waals surface area contributed by atoms with Gasteiger partial charge >= 0.3 is 0 Å². The third-order valence-electron chi connectivity index (χ3n) is 8.11. The Hall–Kier alpha value is -3.36. The molecule has 4 aliphatic rings. The number of rotatable bonds is 4. The lowest BCUT2D eigenvalue weighted by Crippen LogP contribution is -2.56. The van der Waals surface area contributed by atoms with Crippen LogP contribution in [0.3, 0.4) is 0 Å². The molecular weight excluding hydrogens is 528 g/mol. The van der Waals surface area contributed by atoms with E-state index in [1.165, 1.54) is 0 Å². The molecular formula is C29H36N6O4S. The van der Waals surface area contributed by atoms with Gasteiger partial charge in [-0.05, 0) is 57.2 Å². The van der Waals surface area contributed by atoms with Gasteiger partial charge in [-0.15, -0.1) is 0 Å². The summed E-state index contributed by atoms with van der Waals surface area (Å²) in [5, 5.41) is 3.56. The zero-order valence-corrected chi connectivity index (χ0v) is 24.1. The number of carbonyl (C=O) groups is 1. The number of carbonyl (C=O) groups excluding carboxylic acids is 1. The third kappa shape index (κ3) is 5.34. The van der Waals surface area contributed by atoms with Crippen LogP contribution < -0.4 is 19.9 Å². The number of anilines is 4. The Morgan fingerprint density at radius 2 is 1.85 bits per heavy atom. The number of ether oxygens (including phenoxy) is 2. The lowest BCUT2D eigenvalue weighted by atomic mass is 10.0. The van der Waals surface area contributed by atoms with Crippen LogP contribution in [-0.4, -0.2) is 88.0 Å². The minimum atomic E-state index is -0.760. The molecule has 0 spiro atoms. The molecule has 1 aromatic carbocycles. The first-order valence-electron chi connectivity index (χ1n) is 14.0. The normalized spacial score (nSPS) is 21.7. The van der Waals surface area contributed by atoms with Gasteiger partial charge in [0.2, 0.25) is 0 Å². The number of hydrogen-bond acceptors (Lipinski definition) is 9. The summed E-state index contributed by atoms with van der Waals surface area (Å²) in [6.45, 7) is 10.3. The van der Waals surface area contributed by atoms with Crippen molar-refractivity contribution < 1.29 is 18.5 Å². The number of amides is 1. The first kappa shape index (κ1) is 26.8. The lowest BCUT2D eigenvalue weighted by molar-refractivity contribution is -0.144. The highest BCUT2D eigenvalue weighted by atomic mass is 32.2. The van der Waals surface area contributed by atoms with Gasteiger partial charge in [-0.1, -0.05) is 5.92 Å². The molecule has 0 radical (unpaired) electrons. The summed E-state index contributed by atoms with van der Waals surface area (Å²) in [7, 11) is -0.760. The van der Waals surface area contributed by atoms with E-state index in [0.717, 1.165) is 65.8 Å². The Morgan fingerprint density at radius 1 is 1.10 bits per heavy atom. The van der Waals surface area contributed by atoms with E-state index in [2.05, 4.69) is 56.0 Å². The highest BCUT2D eigenvalue weighted by Gasteiger charge is 2.34. The molecule has 0 unspecified atom stereocenters. The number of aromatic nitrogens is 2. The molecule has 1 N–H and O–H groups in total. The number of nitrogens with zero attached hydrogens (tertiary/aromatic N) is 5. The van der Waals surface area contributed by atoms with Crippen molar-refractivity contribution in [1.29, 1.82) is 0 Å². The van der Waals surface area contributed by atoms with Crippen LogP contribution in [0.5, 0.6) is 5.75 Å². The molecule has 1 aromatic heterocycles. The first-order chi connectivity index (χ1) is 19.4. The number of fused-ring (bicyclic) bond motifs is 2. The maximum atomic E-state index is 11.9. The summed E-state index contributed by atoms with van der Waals surface area (Å²) >= 11 is 0. The van der Waals surface area contributed by atoms with Crippen LogP contribution in [0.25, 0.3) is 0 Å². The molecule has 40 heavy (non-hydrogen) atoms. The molecule has 5 heterocycles. The molecule has 3 fully saturated rings. The molecule has 1 amide bonds. The van der Waals surface area contributed by atoms with Crippen molar-refractivity contribution in [2.75, 3.05) is 65.9 Å². The van der Waals surface area contributed by atoms with Crippen molar-refractivity contribution in [3.05, 3.63) is 29.6 Å². The van der Waals surface area contributed by atoms with E-state index in [-0.39, 0.29) is 24.2 Å². The van der Waals surface area contributed by atoms with Crippen molar-refractivity contribution in [1.82, 2.24) is 14.9 Å². The standard InChI is InChI=1S/C29H36N6O4S/c1-4-5-25(36)35-16-23(17-35)39-22-6-8-33(9-7-22)21-14-19(2)27-24(15-21)32-28-26(20(3)38-27)29(31-18-30-28)34-10-12-40(37)13-11-34/h14-15,18,20,22-23H,6-13,16-17H2,1-3H3,(H,30,31,32)/t20-/m1/s1. The Bertz CT molecular complexity index is 1370. The second kappa shape index (κ2) is 11.3. The lowest BCUT2D eigenvalue weighted by Gasteiger charge is -2.42. The average Bonchev–Trinajstić information content (AvgIpc) is 3.07. The smallest absolute Gasteiger partial charge is 0.298 e. The highest BCUT2D eigenvalue weighted by molar-refractivity contribution is 7.85. The van der Waals surface area contributed by atoms with E-state index in [1.54, 1.807) is 18.2 Å². The van der Waals surface area contributed by atoms with Crippen LogP contribution in [0.2, 0.25) is 0 Å². The van der Waals surface area contributed by atoms with Crippen LogP contribution in [0.15, 0.2) is 18.5 Å². The predicted molar refractivity (Wildman–Crippen MR) is 156 cm³/mol. The largest absolute Gasteiger partial charge is 0.483 e. The fourth-order valence-electron chi connectivity index (χ4n) is 5.91. The molecule has 6 rings (SSSR count). The number of hydrogen-bond donors (Lipinski definition) is 1. The molecule has 10 nitrogen and oxygen atoms in total. The van der Waals surface area contributed by atoms with E-state index < -0.39 is 10.8 Å². The minimum Gasteiger partial charge on any atom is -0.483 e. The second-order valence-electron chi connectivity index (χ2n) is 10.8. The Morgan fingerprint density at radius 3 is 2.58 bits per heavy atom. The van der Waals surface area contributed by atoms with Crippen LogP contribution in [0.1, 0.15) is 43.9 Å². The third-order valence-corrected chi connectivity index (χ3v) is 9.39. The topological polar surface area (TPSA) is 100 Å². The molecule has 0 saturated carbocycles. The number of benzene rings is 1. The quantitative estimate of drug-likeness (QED) is 0.562. The summed E-state index contributed by atoms with van der Waals surface area (Å²) < 4.78 is 24.7. The van der Waals surface area contributed by atoms with Crippen molar-refractivity contribution in [2.45, 2.75) is 51.9 Å². The summed E-state index contributed by atoms with van der Waals surface area (Å²) in [4.78, 5) is 27.4. The number of likely N-dealkylation sites (tertiary alicyclic amines) is 1. The van der Waals surface area contributed by atoms with E-state index in [4.69, 9.17) is 9.47 Å². The van der Waals surface area contributed by atoms with E-state index in [1.807, 2.05) is 6.92 Å². The van der Waals surface area contributed by atoms with Gasteiger partial charge in [0, 0.05) is 67.3 Å². The summed E-state index contributed by atoms with van der Waals surface area (Å²) in [6.07, 6.45) is 3.55. The van der Waals surface area contributed by atoms with Crippen LogP contribution in [0.4, 0.5) is 23.0 Å². The molecule has 0 bridgehead atoms. The molecule has 212 valence electrons. The zero-order valence-electron chi connectivity index (χ0n) is 23.3. The molecule has 3 saturated heterocycles. The fraction of sp³-hybridized carbons (Fsp3) is 0.552. The molecule has 1 atom stereocenters. The summed E-state index contributed by atoms with van der Waals surface area (Å²) in [6, 6.07) is 4.35. The van der Waals surface area contributed by atoms with Crippen molar-refractivity contribution in [2.24, 2.45) is 0 Å². The zero-order chi connectivity index (χ0) is 27.8. The Kier molecular flexibility index (Phi) is 7.55. The molecule has 2 aromatic rings. The van der Waals surface area contributed by atoms with Gasteiger partial charge in [0.15, 0.2) is 0 Å². The summed E-state index contributed by atoms with van der Waals surface area (Å²) in [5.41, 5.74) is 4.05. The number of piperidine rings is 1. The first-order valence-corrected chi connectivity index (χ1v) is 15.5. The van der Waals surface area contributed by atoms with Crippen LogP contribution >= 0.6 is 0 Å². The summed E-state index contributed by atoms with van der Waals surface area (Å²) in [5.74, 6) is 8.89. The predicted octanol–water partition coefficient (Wildman–Crippen LogP) is 2.77. The van der Waals surface area contributed by atoms with Gasteiger partial charge in [0.1, 0.15) is 29.8 Å². The fourth-order valence-corrected chi connectivity index (χ4v) is 6.96. The Balaban J connectivity index is 1.13. The van der Waals surface area contributed by atoms with Crippen LogP contribution in [-0.2, 0) is 20.3 Å². The number of nitrogens with one attached hydrogen (secondary N) is 1. The maximum absolute atomic E-state index is 11.9. The Labute approximate surface area is 237 Å². The molecule has 11 heteroatoms. The van der Waals surface area contributed by atoms with Gasteiger partial charge < -0.3 is 29.5 Å². The van der Waals surface area contributed by atoms with Gasteiger partial charge in [-0.25, -0.2) is 9.97 Å². The van der Waals surface area contributed by atoms with E-state index in [0.29, 0.717) is 37.7 Å². The van der Waals surface area contributed by atoms with Gasteiger partial charge in [-0.2, -0.15) is 0 Å². The van der Waals surface area contributed by atoms with Gasteiger partial charge in [0.05, 0.1) is 23.5 Å². The van der Waals surface area contributed by atoms with Crippen LogP contribution in [0, 0.1) is 18.8 Å².